The summed E-state index contributed by atoms with van der Waals surface area (Å²) < 4.78 is 0. The summed E-state index contributed by atoms with van der Waals surface area (Å²) in [5.41, 5.74) is 12.6. The molecule has 1 spiro atoms. The number of carboxylic acids is 1. The number of carbonyl (C=O) groups is 2. The van der Waals surface area contributed by atoms with Gasteiger partial charge in [0, 0.05) is 5.56 Å². The third kappa shape index (κ3) is 2.48. The molecule has 0 radical (unpaired) electrons. The van der Waals surface area contributed by atoms with Crippen molar-refractivity contribution in [2.45, 2.75) is 48.8 Å². The Labute approximate surface area is 176 Å². The summed E-state index contributed by atoms with van der Waals surface area (Å²) in [6.07, 6.45) is 2.64. The van der Waals surface area contributed by atoms with Crippen molar-refractivity contribution in [1.29, 1.82) is 0 Å². The van der Waals surface area contributed by atoms with E-state index in [0.717, 1.165) is 30.4 Å². The number of nitrogens with one attached hydrogen (secondary N) is 3. The first kappa shape index (κ1) is 19.6. The van der Waals surface area contributed by atoms with Crippen molar-refractivity contribution in [3.8, 4) is 0 Å². The lowest BCUT2D eigenvalue weighted by Gasteiger charge is -2.45. The maximum atomic E-state index is 13.1. The van der Waals surface area contributed by atoms with Crippen LogP contribution in [0, 0.1) is 0 Å². The summed E-state index contributed by atoms with van der Waals surface area (Å²) in [7, 11) is 0. The monoisotopic (exact) mass is 430 g/mol. The molecule has 164 valence electrons. The molecular weight excluding hydrogens is 406 g/mol. The van der Waals surface area contributed by atoms with E-state index in [1.165, 1.54) is 4.90 Å². The molecule has 1 aliphatic carbocycles. The molecule has 1 saturated heterocycles. The fraction of sp³-hybridized carbons (Fsp3) is 0.474. The third-order valence-electron chi connectivity index (χ3n) is 6.74. The van der Waals surface area contributed by atoms with E-state index in [0.29, 0.717) is 5.56 Å². The van der Waals surface area contributed by atoms with Gasteiger partial charge in [-0.25, -0.2) is 15.1 Å². The first-order valence-electron chi connectivity index (χ1n) is 10.0. The molecule has 1 aromatic carbocycles. The predicted molar refractivity (Wildman–Crippen MR) is 106 cm³/mol. The largest absolute Gasteiger partial charge is 0.480 e. The second-order valence-electron chi connectivity index (χ2n) is 8.36. The molecule has 1 fully saturated rings. The summed E-state index contributed by atoms with van der Waals surface area (Å²) in [5, 5.41) is 37.6. The van der Waals surface area contributed by atoms with Crippen LogP contribution in [0.25, 0.3) is 0 Å². The minimum Gasteiger partial charge on any atom is -0.480 e. The van der Waals surface area contributed by atoms with E-state index in [9.17, 15) is 24.9 Å². The van der Waals surface area contributed by atoms with Gasteiger partial charge in [0.05, 0.1) is 6.54 Å². The summed E-state index contributed by atoms with van der Waals surface area (Å²) in [6, 6.07) is 1.72. The number of aliphatic imine (C=N–C) groups is 1. The highest BCUT2D eigenvalue weighted by molar-refractivity contribution is 5.97. The number of hydrogen-bond donors (Lipinski definition) is 8. The van der Waals surface area contributed by atoms with Gasteiger partial charge in [0.2, 0.25) is 5.79 Å². The third-order valence-corrected chi connectivity index (χ3v) is 6.74. The average Bonchev–Trinajstić information content (AvgIpc) is 3.37. The Kier molecular flexibility index (Phi) is 3.98. The van der Waals surface area contributed by atoms with Gasteiger partial charge < -0.3 is 26.4 Å². The zero-order valence-electron chi connectivity index (χ0n) is 16.5. The normalized spacial score (nSPS) is 32.3. The molecule has 0 unspecified atom stereocenters. The SMILES string of the molecule is NC1=N[C@@H](C(=O)O)[C@@H]2[NH+]=C(N)N[C@]23N1C[C@H](NC(=O)c1cccc2c1CCC2)C3(O)O. The van der Waals surface area contributed by atoms with E-state index < -0.39 is 41.5 Å². The van der Waals surface area contributed by atoms with Crippen molar-refractivity contribution in [3.05, 3.63) is 34.9 Å². The number of fused-ring (bicyclic) bond motifs is 1. The molecule has 12 heteroatoms. The first-order chi connectivity index (χ1) is 14.7. The zero-order chi connectivity index (χ0) is 22.1. The van der Waals surface area contributed by atoms with Gasteiger partial charge in [-0.1, -0.05) is 12.1 Å². The van der Waals surface area contributed by atoms with Crippen LogP contribution in [0.15, 0.2) is 23.2 Å². The Morgan fingerprint density at radius 2 is 2.06 bits per heavy atom. The summed E-state index contributed by atoms with van der Waals surface area (Å²) in [4.78, 5) is 32.9. The quantitative estimate of drug-likeness (QED) is 0.216. The second-order valence-corrected chi connectivity index (χ2v) is 8.36. The number of aryl methyl sites for hydroxylation is 1. The number of hydrogen-bond acceptors (Lipinski definition) is 9. The molecule has 3 heterocycles. The second kappa shape index (κ2) is 6.31. The van der Waals surface area contributed by atoms with E-state index >= 15 is 0 Å². The highest BCUT2D eigenvalue weighted by atomic mass is 16.5. The number of amides is 1. The molecule has 0 aromatic heterocycles. The number of guanidine groups is 2. The average molecular weight is 430 g/mol. The van der Waals surface area contributed by atoms with Gasteiger partial charge in [0.1, 0.15) is 6.04 Å². The molecule has 3 aliphatic heterocycles. The Morgan fingerprint density at radius 1 is 1.29 bits per heavy atom. The number of nitrogens with two attached hydrogens (primary N) is 2. The lowest BCUT2D eigenvalue weighted by Crippen LogP contribution is -2.90. The van der Waals surface area contributed by atoms with Crippen molar-refractivity contribution in [2.75, 3.05) is 6.54 Å². The molecule has 1 aromatic rings. The highest BCUT2D eigenvalue weighted by Gasteiger charge is 2.77. The summed E-state index contributed by atoms with van der Waals surface area (Å²) >= 11 is 0. The van der Waals surface area contributed by atoms with Crippen molar-refractivity contribution >= 4 is 23.8 Å². The summed E-state index contributed by atoms with van der Waals surface area (Å²) in [5.74, 6) is -4.63. The van der Waals surface area contributed by atoms with E-state index in [4.69, 9.17) is 11.5 Å². The van der Waals surface area contributed by atoms with Gasteiger partial charge in [0.15, 0.2) is 18.0 Å². The van der Waals surface area contributed by atoms with Crippen LogP contribution in [0.1, 0.15) is 27.9 Å². The van der Waals surface area contributed by atoms with Gasteiger partial charge in [0.25, 0.3) is 11.6 Å². The molecule has 4 atom stereocenters. The van der Waals surface area contributed by atoms with Crippen LogP contribution in [-0.2, 0) is 17.6 Å². The van der Waals surface area contributed by atoms with Crippen LogP contribution in [0.2, 0.25) is 0 Å². The standard InChI is InChI=1S/C19H23N7O5/c20-16-24-13-12(15(28)29)23-17(21)26-7-11(19(30,31)18(13,26)25-16)22-14(27)10-6-2-4-8-3-1-5-9(8)10/h2,4,6,11-13,30-31H,1,3,5,7H2,(H2,21,23)(H,22,27)(H,28,29)(H3,20,24,25)/p+1/t11-,12+,13-,18-/m0/s1. The lowest BCUT2D eigenvalue weighted by molar-refractivity contribution is -0.519. The van der Waals surface area contributed by atoms with Crippen LogP contribution >= 0.6 is 0 Å². The van der Waals surface area contributed by atoms with Gasteiger partial charge in [-0.2, -0.15) is 0 Å². The van der Waals surface area contributed by atoms with Crippen LogP contribution in [0.4, 0.5) is 0 Å². The zero-order valence-corrected chi connectivity index (χ0v) is 16.5. The lowest BCUT2D eigenvalue weighted by atomic mass is 9.85. The Hall–Kier alpha value is -3.38. The molecule has 1 amide bonds. The molecule has 5 rings (SSSR count). The maximum Gasteiger partial charge on any atom is 0.343 e. The molecule has 10 N–H and O–H groups in total. The van der Waals surface area contributed by atoms with Crippen LogP contribution < -0.4 is 27.1 Å². The number of carboxylic acid groups (broad SMARTS) is 1. The number of nitrogens with zero attached hydrogens (tertiary/aromatic N) is 2. The Bertz CT molecular complexity index is 1050. The number of aliphatic carboxylic acids is 1. The number of carbonyl (C=O) groups excluding carboxylic acids is 1. The topological polar surface area (TPSA) is 200 Å². The molecular formula is C19H24N7O5+. The van der Waals surface area contributed by atoms with E-state index in [1.807, 2.05) is 6.07 Å². The smallest absolute Gasteiger partial charge is 0.343 e. The number of benzene rings is 1. The highest BCUT2D eigenvalue weighted by Crippen LogP contribution is 2.41. The van der Waals surface area contributed by atoms with Gasteiger partial charge >= 0.3 is 11.9 Å². The van der Waals surface area contributed by atoms with Crippen molar-refractivity contribution in [1.82, 2.24) is 15.5 Å². The number of aliphatic hydroxyl groups is 2. The van der Waals surface area contributed by atoms with Crippen LogP contribution in [-0.4, -0.2) is 80.1 Å². The maximum absolute atomic E-state index is 13.1. The minimum absolute atomic E-state index is 0.0496. The first-order valence-corrected chi connectivity index (χ1v) is 10.0. The Balaban J connectivity index is 1.50. The molecule has 0 saturated carbocycles. The van der Waals surface area contributed by atoms with Crippen molar-refractivity contribution in [3.63, 3.8) is 0 Å². The van der Waals surface area contributed by atoms with Crippen molar-refractivity contribution in [2.24, 2.45) is 16.5 Å². The van der Waals surface area contributed by atoms with E-state index in [-0.39, 0.29) is 18.5 Å². The van der Waals surface area contributed by atoms with Crippen molar-refractivity contribution < 1.29 is 29.9 Å². The summed E-state index contributed by atoms with van der Waals surface area (Å²) in [6.45, 7) is -0.117. The Morgan fingerprint density at radius 3 is 2.81 bits per heavy atom. The van der Waals surface area contributed by atoms with Gasteiger partial charge in [-0.15, -0.1) is 0 Å². The van der Waals surface area contributed by atoms with Gasteiger partial charge in [-0.05, 0) is 36.5 Å². The predicted octanol–water partition coefficient (Wildman–Crippen LogP) is -4.88. The van der Waals surface area contributed by atoms with Crippen LogP contribution in [0.5, 0.6) is 0 Å². The minimum atomic E-state index is -2.63. The molecule has 31 heavy (non-hydrogen) atoms. The molecule has 0 bridgehead atoms. The molecule has 12 nitrogen and oxygen atoms in total. The number of rotatable bonds is 3. The van der Waals surface area contributed by atoms with Crippen LogP contribution in [0.3, 0.4) is 0 Å². The molecule has 4 aliphatic rings. The van der Waals surface area contributed by atoms with E-state index in [1.54, 1.807) is 12.1 Å². The fourth-order valence-electron chi connectivity index (χ4n) is 5.35. The fourth-order valence-corrected chi connectivity index (χ4v) is 5.35. The van der Waals surface area contributed by atoms with E-state index in [2.05, 4.69) is 20.6 Å². The van der Waals surface area contributed by atoms with Gasteiger partial charge in [-0.3, -0.25) is 20.4 Å².